The molecule has 2 aromatic rings. The highest BCUT2D eigenvalue weighted by atomic mass is 79.9. The number of halogens is 1. The number of hydrogen-bond donors (Lipinski definition) is 1. The molecule has 0 radical (unpaired) electrons. The lowest BCUT2D eigenvalue weighted by Crippen LogP contribution is -2.26. The van der Waals surface area contributed by atoms with Crippen molar-refractivity contribution in [2.45, 2.75) is 26.2 Å². The van der Waals surface area contributed by atoms with Crippen LogP contribution < -0.4 is 5.32 Å². The van der Waals surface area contributed by atoms with Gasteiger partial charge in [0.2, 0.25) is 0 Å². The second-order valence-corrected chi connectivity index (χ2v) is 6.96. The number of nitrogens with zero attached hydrogens (tertiary/aromatic N) is 3. The highest BCUT2D eigenvalue weighted by Gasteiger charge is 2.21. The van der Waals surface area contributed by atoms with Crippen molar-refractivity contribution < 1.29 is 9.53 Å². The molecule has 0 unspecified atom stereocenters. The zero-order chi connectivity index (χ0) is 16.9. The minimum Gasteiger partial charge on any atom is -0.381 e. The Morgan fingerprint density at radius 1 is 1.46 bits per heavy atom. The number of benzene rings is 1. The zero-order valence-electron chi connectivity index (χ0n) is 13.7. The monoisotopic (exact) mass is 392 g/mol. The van der Waals surface area contributed by atoms with E-state index in [-0.39, 0.29) is 5.91 Å². The van der Waals surface area contributed by atoms with Crippen molar-refractivity contribution >= 4 is 21.8 Å². The second kappa shape index (κ2) is 7.90. The SMILES string of the molecule is Cc1c(C(=O)NCCCOCC2CC2)nnn1-c1cccc(Br)c1. The summed E-state index contributed by atoms with van der Waals surface area (Å²) in [7, 11) is 0. The minimum atomic E-state index is -0.198. The molecule has 1 N–H and O–H groups in total. The molecular weight excluding hydrogens is 372 g/mol. The lowest BCUT2D eigenvalue weighted by Gasteiger charge is -2.06. The maximum atomic E-state index is 12.3. The first-order valence-electron chi connectivity index (χ1n) is 8.19. The fourth-order valence-electron chi connectivity index (χ4n) is 2.39. The first-order valence-corrected chi connectivity index (χ1v) is 8.98. The number of carbonyl (C=O) groups excluding carboxylic acids is 1. The average molecular weight is 393 g/mol. The van der Waals surface area contributed by atoms with Crippen molar-refractivity contribution in [3.8, 4) is 5.69 Å². The van der Waals surface area contributed by atoms with Crippen LogP contribution >= 0.6 is 15.9 Å². The van der Waals surface area contributed by atoms with Crippen LogP contribution in [0.5, 0.6) is 0 Å². The van der Waals surface area contributed by atoms with Gasteiger partial charge in [0.25, 0.3) is 5.91 Å². The first kappa shape index (κ1) is 17.1. The fourth-order valence-corrected chi connectivity index (χ4v) is 2.77. The number of nitrogens with one attached hydrogen (secondary N) is 1. The predicted octanol–water partition coefficient (Wildman–Crippen LogP) is 2.88. The summed E-state index contributed by atoms with van der Waals surface area (Å²) < 4.78 is 8.17. The van der Waals surface area contributed by atoms with Crippen LogP contribution in [-0.4, -0.2) is 40.7 Å². The van der Waals surface area contributed by atoms with Crippen LogP contribution in [0.4, 0.5) is 0 Å². The van der Waals surface area contributed by atoms with E-state index in [4.69, 9.17) is 4.74 Å². The van der Waals surface area contributed by atoms with Crippen molar-refractivity contribution in [1.29, 1.82) is 0 Å². The topological polar surface area (TPSA) is 69.0 Å². The van der Waals surface area contributed by atoms with Crippen molar-refractivity contribution in [2.24, 2.45) is 5.92 Å². The maximum absolute atomic E-state index is 12.3. The lowest BCUT2D eigenvalue weighted by atomic mass is 10.3. The van der Waals surface area contributed by atoms with Crippen LogP contribution in [0.15, 0.2) is 28.7 Å². The Hall–Kier alpha value is -1.73. The molecule has 1 aliphatic carbocycles. The molecule has 1 fully saturated rings. The lowest BCUT2D eigenvalue weighted by molar-refractivity contribution is 0.0932. The molecule has 3 rings (SSSR count). The largest absolute Gasteiger partial charge is 0.381 e. The highest BCUT2D eigenvalue weighted by Crippen LogP contribution is 2.28. The van der Waals surface area contributed by atoms with Crippen molar-refractivity contribution in [2.75, 3.05) is 19.8 Å². The molecule has 0 atom stereocenters. The zero-order valence-corrected chi connectivity index (χ0v) is 15.3. The Kier molecular flexibility index (Phi) is 5.63. The molecule has 1 aromatic carbocycles. The summed E-state index contributed by atoms with van der Waals surface area (Å²) in [6.45, 7) is 3.95. The van der Waals surface area contributed by atoms with Gasteiger partial charge in [-0.3, -0.25) is 4.79 Å². The molecule has 0 saturated heterocycles. The van der Waals surface area contributed by atoms with Gasteiger partial charge in [0.15, 0.2) is 5.69 Å². The van der Waals surface area contributed by atoms with Gasteiger partial charge in [-0.25, -0.2) is 4.68 Å². The van der Waals surface area contributed by atoms with Gasteiger partial charge in [-0.05, 0) is 50.3 Å². The smallest absolute Gasteiger partial charge is 0.273 e. The van der Waals surface area contributed by atoms with E-state index >= 15 is 0 Å². The maximum Gasteiger partial charge on any atom is 0.273 e. The molecule has 0 bridgehead atoms. The molecule has 1 amide bonds. The quantitative estimate of drug-likeness (QED) is 0.701. The Labute approximate surface area is 149 Å². The van der Waals surface area contributed by atoms with Gasteiger partial charge >= 0.3 is 0 Å². The minimum absolute atomic E-state index is 0.198. The van der Waals surface area contributed by atoms with Gasteiger partial charge in [0.1, 0.15) is 0 Å². The summed E-state index contributed by atoms with van der Waals surface area (Å²) in [4.78, 5) is 12.3. The third kappa shape index (κ3) is 4.42. The number of aromatic nitrogens is 3. The van der Waals surface area contributed by atoms with Crippen LogP contribution in [0.1, 0.15) is 35.4 Å². The molecule has 1 aromatic heterocycles. The van der Waals surface area contributed by atoms with Crippen LogP contribution in [0, 0.1) is 12.8 Å². The van der Waals surface area contributed by atoms with E-state index in [1.165, 1.54) is 12.8 Å². The molecular formula is C17H21BrN4O2. The molecule has 0 aliphatic heterocycles. The summed E-state index contributed by atoms with van der Waals surface area (Å²) in [5, 5.41) is 11.0. The van der Waals surface area contributed by atoms with Crippen LogP contribution in [0.25, 0.3) is 5.69 Å². The van der Waals surface area contributed by atoms with E-state index in [1.807, 2.05) is 31.2 Å². The summed E-state index contributed by atoms with van der Waals surface area (Å²) in [6.07, 6.45) is 3.39. The first-order chi connectivity index (χ1) is 11.6. The standard InChI is InChI=1S/C17H21BrN4O2/c1-12-16(17(23)19-8-3-9-24-11-13-6-7-13)20-21-22(12)15-5-2-4-14(18)10-15/h2,4-5,10,13H,3,6-9,11H2,1H3,(H,19,23). The highest BCUT2D eigenvalue weighted by molar-refractivity contribution is 9.10. The summed E-state index contributed by atoms with van der Waals surface area (Å²) in [5.41, 5.74) is 1.94. The van der Waals surface area contributed by atoms with E-state index in [2.05, 4.69) is 31.6 Å². The molecule has 7 heteroatoms. The van der Waals surface area contributed by atoms with Gasteiger partial charge in [-0.15, -0.1) is 5.10 Å². The van der Waals surface area contributed by atoms with Gasteiger partial charge in [-0.2, -0.15) is 0 Å². The molecule has 24 heavy (non-hydrogen) atoms. The summed E-state index contributed by atoms with van der Waals surface area (Å²) in [5.74, 6) is 0.575. The van der Waals surface area contributed by atoms with Crippen LogP contribution in [0.2, 0.25) is 0 Å². The normalized spacial score (nSPS) is 13.9. The second-order valence-electron chi connectivity index (χ2n) is 6.04. The van der Waals surface area contributed by atoms with Gasteiger partial charge in [0, 0.05) is 24.2 Å². The summed E-state index contributed by atoms with van der Waals surface area (Å²) >= 11 is 3.43. The summed E-state index contributed by atoms with van der Waals surface area (Å²) in [6, 6.07) is 7.71. The van der Waals surface area contributed by atoms with E-state index in [0.29, 0.717) is 18.8 Å². The van der Waals surface area contributed by atoms with Crippen molar-refractivity contribution in [3.63, 3.8) is 0 Å². The third-order valence-electron chi connectivity index (χ3n) is 3.96. The van der Waals surface area contributed by atoms with E-state index in [1.54, 1.807) is 4.68 Å². The molecule has 1 saturated carbocycles. The van der Waals surface area contributed by atoms with Crippen LogP contribution in [-0.2, 0) is 4.74 Å². The molecule has 128 valence electrons. The van der Waals surface area contributed by atoms with Gasteiger partial charge < -0.3 is 10.1 Å². The Balaban J connectivity index is 1.51. The number of amides is 1. The van der Waals surface area contributed by atoms with E-state index in [0.717, 1.165) is 34.8 Å². The van der Waals surface area contributed by atoms with Gasteiger partial charge in [-0.1, -0.05) is 27.2 Å². The number of ether oxygens (including phenoxy) is 1. The van der Waals surface area contributed by atoms with E-state index < -0.39 is 0 Å². The Bertz CT molecular complexity index is 712. The van der Waals surface area contributed by atoms with Crippen molar-refractivity contribution in [3.05, 3.63) is 40.1 Å². The Morgan fingerprint density at radius 2 is 2.29 bits per heavy atom. The van der Waals surface area contributed by atoms with Crippen LogP contribution in [0.3, 0.4) is 0 Å². The fraction of sp³-hybridized carbons (Fsp3) is 0.471. The van der Waals surface area contributed by atoms with E-state index in [9.17, 15) is 4.79 Å². The Morgan fingerprint density at radius 3 is 3.04 bits per heavy atom. The average Bonchev–Trinajstić information content (AvgIpc) is 3.31. The van der Waals surface area contributed by atoms with Crippen molar-refractivity contribution in [1.82, 2.24) is 20.3 Å². The molecule has 1 heterocycles. The third-order valence-corrected chi connectivity index (χ3v) is 4.46. The molecule has 6 nitrogen and oxygen atoms in total. The number of carbonyl (C=O) groups is 1. The predicted molar refractivity (Wildman–Crippen MR) is 94.3 cm³/mol. The number of hydrogen-bond acceptors (Lipinski definition) is 4. The molecule has 0 spiro atoms. The molecule has 1 aliphatic rings. The van der Waals surface area contributed by atoms with Gasteiger partial charge in [0.05, 0.1) is 11.4 Å². The number of rotatable bonds is 8.